The van der Waals surface area contributed by atoms with Crippen molar-refractivity contribution in [2.24, 2.45) is 5.10 Å². The maximum atomic E-state index is 12.3. The molecule has 2 aromatic rings. The highest BCUT2D eigenvalue weighted by Gasteiger charge is 2.19. The SMILES string of the molecule is CCOc1cc(/C=N/NC(=O)c2nc(Cl)c(Cl)c(N)c2Cl)ccc1OCC(=O)N(C)C. The summed E-state index contributed by atoms with van der Waals surface area (Å²) in [6, 6.07) is 4.96. The predicted octanol–water partition coefficient (Wildman–Crippen LogP) is 3.25. The van der Waals surface area contributed by atoms with Gasteiger partial charge in [0.25, 0.3) is 11.8 Å². The third kappa shape index (κ3) is 6.36. The topological polar surface area (TPSA) is 119 Å². The summed E-state index contributed by atoms with van der Waals surface area (Å²) in [6.45, 7) is 2.07. The van der Waals surface area contributed by atoms with Gasteiger partial charge in [0.1, 0.15) is 5.02 Å². The van der Waals surface area contributed by atoms with Gasteiger partial charge in [0, 0.05) is 14.1 Å². The number of nitrogens with two attached hydrogens (primary N) is 1. The highest BCUT2D eigenvalue weighted by molar-refractivity contribution is 6.46. The minimum Gasteiger partial charge on any atom is -0.490 e. The number of hydrogen-bond acceptors (Lipinski definition) is 7. The molecule has 0 fully saturated rings. The molecule has 1 aromatic carbocycles. The fraction of sp³-hybridized carbons (Fsp3) is 0.263. The Morgan fingerprint density at radius 1 is 1.19 bits per heavy atom. The Morgan fingerprint density at radius 2 is 1.90 bits per heavy atom. The number of aromatic nitrogens is 1. The zero-order valence-electron chi connectivity index (χ0n) is 16.9. The van der Waals surface area contributed by atoms with E-state index in [1.807, 2.05) is 6.92 Å². The molecular formula is C19H20Cl3N5O4. The lowest BCUT2D eigenvalue weighted by Gasteiger charge is -2.14. The number of ether oxygens (including phenoxy) is 2. The van der Waals surface area contributed by atoms with Gasteiger partial charge in [-0.15, -0.1) is 0 Å². The van der Waals surface area contributed by atoms with Crippen LogP contribution in [0.2, 0.25) is 15.2 Å². The lowest BCUT2D eigenvalue weighted by molar-refractivity contribution is -0.130. The maximum Gasteiger partial charge on any atom is 0.291 e. The number of anilines is 1. The molecule has 9 nitrogen and oxygen atoms in total. The number of amides is 2. The van der Waals surface area contributed by atoms with Crippen molar-refractivity contribution in [3.63, 3.8) is 0 Å². The summed E-state index contributed by atoms with van der Waals surface area (Å²) in [5.41, 5.74) is 8.32. The van der Waals surface area contributed by atoms with Gasteiger partial charge in [-0.1, -0.05) is 34.8 Å². The summed E-state index contributed by atoms with van der Waals surface area (Å²) >= 11 is 17.7. The molecule has 0 aliphatic rings. The Morgan fingerprint density at radius 3 is 2.55 bits per heavy atom. The van der Waals surface area contributed by atoms with Gasteiger partial charge in [0.15, 0.2) is 29.0 Å². The van der Waals surface area contributed by atoms with E-state index in [1.165, 1.54) is 11.1 Å². The molecule has 31 heavy (non-hydrogen) atoms. The van der Waals surface area contributed by atoms with Crippen LogP contribution < -0.4 is 20.6 Å². The molecule has 0 aliphatic heterocycles. The molecule has 0 bridgehead atoms. The van der Waals surface area contributed by atoms with E-state index in [-0.39, 0.29) is 39.1 Å². The van der Waals surface area contributed by atoms with Crippen LogP contribution in [-0.4, -0.2) is 55.2 Å². The summed E-state index contributed by atoms with van der Waals surface area (Å²) in [6.07, 6.45) is 1.38. The number of hydrogen-bond donors (Lipinski definition) is 2. The van der Waals surface area contributed by atoms with E-state index in [9.17, 15) is 9.59 Å². The van der Waals surface area contributed by atoms with Crippen molar-refractivity contribution in [3.8, 4) is 11.5 Å². The van der Waals surface area contributed by atoms with Crippen molar-refractivity contribution in [1.29, 1.82) is 0 Å². The second-order valence-corrected chi connectivity index (χ2v) is 7.32. The Bertz CT molecular complexity index is 1010. The molecule has 1 aromatic heterocycles. The number of pyridine rings is 1. The number of halogens is 3. The Balaban J connectivity index is 2.13. The summed E-state index contributed by atoms with van der Waals surface area (Å²) in [5.74, 6) is -0.0866. The van der Waals surface area contributed by atoms with Crippen molar-refractivity contribution in [2.45, 2.75) is 6.92 Å². The Labute approximate surface area is 194 Å². The summed E-state index contributed by atoms with van der Waals surface area (Å²) < 4.78 is 11.1. The molecule has 166 valence electrons. The molecule has 0 radical (unpaired) electrons. The van der Waals surface area contributed by atoms with Crippen LogP contribution in [0, 0.1) is 0 Å². The third-order valence-electron chi connectivity index (χ3n) is 3.78. The van der Waals surface area contributed by atoms with Gasteiger partial charge in [-0.05, 0) is 30.7 Å². The van der Waals surface area contributed by atoms with E-state index in [0.717, 1.165) is 0 Å². The van der Waals surface area contributed by atoms with Gasteiger partial charge in [-0.3, -0.25) is 9.59 Å². The van der Waals surface area contributed by atoms with Crippen molar-refractivity contribution in [3.05, 3.63) is 44.7 Å². The van der Waals surface area contributed by atoms with Gasteiger partial charge >= 0.3 is 0 Å². The normalized spacial score (nSPS) is 10.8. The maximum absolute atomic E-state index is 12.3. The minimum atomic E-state index is -0.723. The zero-order chi connectivity index (χ0) is 23.1. The molecule has 0 unspecified atom stereocenters. The van der Waals surface area contributed by atoms with Gasteiger partial charge in [-0.2, -0.15) is 5.10 Å². The molecule has 0 spiro atoms. The highest BCUT2D eigenvalue weighted by atomic mass is 35.5. The zero-order valence-corrected chi connectivity index (χ0v) is 19.2. The molecular weight excluding hydrogens is 469 g/mol. The summed E-state index contributed by atoms with van der Waals surface area (Å²) in [7, 11) is 3.27. The van der Waals surface area contributed by atoms with Crippen LogP contribution >= 0.6 is 34.8 Å². The largest absolute Gasteiger partial charge is 0.490 e. The van der Waals surface area contributed by atoms with Crippen LogP contribution in [0.1, 0.15) is 23.0 Å². The summed E-state index contributed by atoms with van der Waals surface area (Å²) in [4.78, 5) is 29.3. The van der Waals surface area contributed by atoms with E-state index in [4.69, 9.17) is 50.0 Å². The van der Waals surface area contributed by atoms with Crippen LogP contribution in [0.5, 0.6) is 11.5 Å². The van der Waals surface area contributed by atoms with Crippen LogP contribution in [0.3, 0.4) is 0 Å². The smallest absolute Gasteiger partial charge is 0.291 e. The first-order chi connectivity index (χ1) is 14.6. The highest BCUT2D eigenvalue weighted by Crippen LogP contribution is 2.34. The number of hydrazone groups is 1. The minimum absolute atomic E-state index is 0.0373. The van der Waals surface area contributed by atoms with Crippen LogP contribution in [0.15, 0.2) is 23.3 Å². The first-order valence-electron chi connectivity index (χ1n) is 8.88. The van der Waals surface area contributed by atoms with Crippen LogP contribution in [-0.2, 0) is 4.79 Å². The first-order valence-corrected chi connectivity index (χ1v) is 10.0. The summed E-state index contributed by atoms with van der Waals surface area (Å²) in [5, 5.41) is 3.55. The average Bonchev–Trinajstić information content (AvgIpc) is 2.74. The van der Waals surface area contributed by atoms with E-state index in [2.05, 4.69) is 15.5 Å². The van der Waals surface area contributed by atoms with Gasteiger partial charge in [0.2, 0.25) is 0 Å². The van der Waals surface area contributed by atoms with Crippen LogP contribution in [0.4, 0.5) is 5.69 Å². The molecule has 2 rings (SSSR count). The molecule has 3 N–H and O–H groups in total. The molecule has 0 saturated carbocycles. The van der Waals surface area contributed by atoms with E-state index >= 15 is 0 Å². The van der Waals surface area contributed by atoms with Gasteiger partial charge in [0.05, 0.1) is 23.5 Å². The van der Waals surface area contributed by atoms with E-state index in [0.29, 0.717) is 23.7 Å². The van der Waals surface area contributed by atoms with Crippen molar-refractivity contribution in [2.75, 3.05) is 33.0 Å². The van der Waals surface area contributed by atoms with Crippen LogP contribution in [0.25, 0.3) is 0 Å². The number of likely N-dealkylation sites (N-methyl/N-ethyl adjacent to an activating group) is 1. The fourth-order valence-corrected chi connectivity index (χ4v) is 2.76. The lowest BCUT2D eigenvalue weighted by Crippen LogP contribution is -2.27. The van der Waals surface area contributed by atoms with E-state index in [1.54, 1.807) is 32.3 Å². The molecule has 2 amide bonds. The number of carbonyl (C=O) groups excluding carboxylic acids is 2. The van der Waals surface area contributed by atoms with Crippen molar-refractivity contribution in [1.82, 2.24) is 15.3 Å². The molecule has 0 aliphatic carbocycles. The molecule has 0 atom stereocenters. The average molecular weight is 489 g/mol. The third-order valence-corrected chi connectivity index (χ3v) is 4.92. The fourth-order valence-electron chi connectivity index (χ4n) is 2.16. The monoisotopic (exact) mass is 487 g/mol. The van der Waals surface area contributed by atoms with Crippen molar-refractivity contribution >= 4 is 58.5 Å². The quantitative estimate of drug-likeness (QED) is 0.334. The number of nitrogens with zero attached hydrogens (tertiary/aromatic N) is 3. The standard InChI is InChI=1S/C19H20Cl3N5O4/c1-4-30-12-7-10(5-6-11(12)31-9-13(28)27(2)3)8-24-26-19(29)17-14(20)16(23)15(21)18(22)25-17/h5-8H,4,9H2,1-3H3,(H2,23,25)(H,26,29)/b24-8+. The Hall–Kier alpha value is -2.75. The molecule has 0 saturated heterocycles. The molecule has 1 heterocycles. The lowest BCUT2D eigenvalue weighted by atomic mass is 10.2. The molecule has 12 heteroatoms. The first kappa shape index (κ1) is 24.5. The van der Waals surface area contributed by atoms with Gasteiger partial charge < -0.3 is 20.1 Å². The van der Waals surface area contributed by atoms with Gasteiger partial charge in [-0.25, -0.2) is 10.4 Å². The number of carbonyl (C=O) groups is 2. The predicted molar refractivity (Wildman–Crippen MR) is 121 cm³/mol. The van der Waals surface area contributed by atoms with Crippen molar-refractivity contribution < 1.29 is 19.1 Å². The second-order valence-electron chi connectivity index (χ2n) is 6.21. The van der Waals surface area contributed by atoms with E-state index < -0.39 is 5.91 Å². The number of nitrogens with one attached hydrogen (secondary N) is 1. The Kier molecular flexibility index (Phi) is 8.73. The second kappa shape index (κ2) is 11.0. The number of benzene rings is 1. The number of nitrogen functional groups attached to an aromatic ring is 1. The number of rotatable bonds is 8.